The van der Waals surface area contributed by atoms with Gasteiger partial charge in [-0.3, -0.25) is 4.79 Å². The number of rotatable bonds is 3. The maximum absolute atomic E-state index is 12.7. The summed E-state index contributed by atoms with van der Waals surface area (Å²) in [6, 6.07) is 10.6. The van der Waals surface area contributed by atoms with Crippen molar-refractivity contribution in [2.45, 2.75) is 20.8 Å². The summed E-state index contributed by atoms with van der Waals surface area (Å²) in [6.07, 6.45) is 0. The average Bonchev–Trinajstić information content (AvgIpc) is 2.46. The number of aromatic hydroxyl groups is 1. The molecule has 110 valence electrons. The molecule has 0 fully saturated rings. The fourth-order valence-electron chi connectivity index (χ4n) is 2.25. The Bertz CT molecular complexity index is 682. The molecule has 2 aromatic carbocycles. The van der Waals surface area contributed by atoms with E-state index in [1.807, 2.05) is 39.0 Å². The molecular formula is C17H18BrNO2. The molecule has 0 aliphatic carbocycles. The SMILES string of the molecule is CCN(C(=O)c1ccc(Br)c(C)c1)c1cc(O)ccc1C. The third kappa shape index (κ3) is 3.27. The van der Waals surface area contributed by atoms with Crippen LogP contribution in [-0.4, -0.2) is 17.6 Å². The van der Waals surface area contributed by atoms with Crippen molar-refractivity contribution >= 4 is 27.5 Å². The number of nitrogens with zero attached hydrogens (tertiary/aromatic N) is 1. The highest BCUT2D eigenvalue weighted by molar-refractivity contribution is 9.10. The van der Waals surface area contributed by atoms with Crippen LogP contribution in [0, 0.1) is 13.8 Å². The Kier molecular flexibility index (Phi) is 4.68. The van der Waals surface area contributed by atoms with Gasteiger partial charge in [-0.05, 0) is 56.2 Å². The molecule has 0 bridgehead atoms. The molecule has 0 atom stereocenters. The van der Waals surface area contributed by atoms with Gasteiger partial charge in [0.2, 0.25) is 0 Å². The standard InChI is InChI=1S/C17H18BrNO2/c1-4-19(16-10-14(20)7-5-11(16)2)17(21)13-6-8-15(18)12(3)9-13/h5-10,20H,4H2,1-3H3. The van der Waals surface area contributed by atoms with Gasteiger partial charge >= 0.3 is 0 Å². The summed E-state index contributed by atoms with van der Waals surface area (Å²) >= 11 is 3.44. The van der Waals surface area contributed by atoms with Crippen LogP contribution in [0.25, 0.3) is 0 Å². The molecule has 4 heteroatoms. The number of halogens is 1. The number of aryl methyl sites for hydroxylation is 2. The summed E-state index contributed by atoms with van der Waals surface area (Å²) in [6.45, 7) is 6.35. The molecule has 2 aromatic rings. The normalized spacial score (nSPS) is 10.5. The summed E-state index contributed by atoms with van der Waals surface area (Å²) in [7, 11) is 0. The molecule has 0 aromatic heterocycles. The van der Waals surface area contributed by atoms with Gasteiger partial charge in [-0.2, -0.15) is 0 Å². The van der Waals surface area contributed by atoms with Crippen LogP contribution >= 0.6 is 15.9 Å². The minimum atomic E-state index is -0.0678. The number of phenolic OH excluding ortho intramolecular Hbond substituents is 1. The van der Waals surface area contributed by atoms with Crippen molar-refractivity contribution in [2.75, 3.05) is 11.4 Å². The molecule has 0 saturated heterocycles. The summed E-state index contributed by atoms with van der Waals surface area (Å²) in [4.78, 5) is 14.4. The molecule has 0 aliphatic heterocycles. The summed E-state index contributed by atoms with van der Waals surface area (Å²) in [5.74, 6) is 0.0932. The fourth-order valence-corrected chi connectivity index (χ4v) is 2.49. The molecule has 0 spiro atoms. The zero-order chi connectivity index (χ0) is 15.6. The zero-order valence-electron chi connectivity index (χ0n) is 12.4. The Balaban J connectivity index is 2.43. The van der Waals surface area contributed by atoms with Crippen LogP contribution in [0.1, 0.15) is 28.4 Å². The van der Waals surface area contributed by atoms with E-state index in [-0.39, 0.29) is 11.7 Å². The van der Waals surface area contributed by atoms with E-state index in [0.717, 1.165) is 21.3 Å². The lowest BCUT2D eigenvalue weighted by molar-refractivity contribution is 0.0988. The Morgan fingerprint density at radius 3 is 2.48 bits per heavy atom. The van der Waals surface area contributed by atoms with Gasteiger partial charge in [0.05, 0.1) is 5.69 Å². The van der Waals surface area contributed by atoms with Crippen molar-refractivity contribution < 1.29 is 9.90 Å². The highest BCUT2D eigenvalue weighted by atomic mass is 79.9. The van der Waals surface area contributed by atoms with Gasteiger partial charge in [-0.25, -0.2) is 0 Å². The molecule has 0 unspecified atom stereocenters. The smallest absolute Gasteiger partial charge is 0.258 e. The van der Waals surface area contributed by atoms with Crippen molar-refractivity contribution in [2.24, 2.45) is 0 Å². The number of hydrogen-bond donors (Lipinski definition) is 1. The third-order valence-electron chi connectivity index (χ3n) is 3.45. The first kappa shape index (κ1) is 15.6. The lowest BCUT2D eigenvalue weighted by atomic mass is 10.1. The van der Waals surface area contributed by atoms with Gasteiger partial charge in [-0.15, -0.1) is 0 Å². The predicted octanol–water partition coefficient (Wildman–Crippen LogP) is 4.44. The van der Waals surface area contributed by atoms with Crippen LogP contribution in [0.4, 0.5) is 5.69 Å². The summed E-state index contributed by atoms with van der Waals surface area (Å²) in [5.41, 5.74) is 3.35. The van der Waals surface area contributed by atoms with Gasteiger partial charge < -0.3 is 10.0 Å². The molecule has 1 N–H and O–H groups in total. The number of benzene rings is 2. The van der Waals surface area contributed by atoms with E-state index in [9.17, 15) is 9.90 Å². The van der Waals surface area contributed by atoms with Crippen LogP contribution in [-0.2, 0) is 0 Å². The summed E-state index contributed by atoms with van der Waals surface area (Å²) < 4.78 is 0.982. The molecule has 3 nitrogen and oxygen atoms in total. The molecule has 0 heterocycles. The first-order chi connectivity index (χ1) is 9.93. The van der Waals surface area contributed by atoms with Gasteiger partial charge in [0.1, 0.15) is 5.75 Å². The second kappa shape index (κ2) is 6.31. The Morgan fingerprint density at radius 1 is 1.14 bits per heavy atom. The average molecular weight is 348 g/mol. The quantitative estimate of drug-likeness (QED) is 0.891. The van der Waals surface area contributed by atoms with Gasteiger partial charge in [-0.1, -0.05) is 22.0 Å². The highest BCUT2D eigenvalue weighted by Gasteiger charge is 2.18. The van der Waals surface area contributed by atoms with Gasteiger partial charge in [0, 0.05) is 22.6 Å². The third-order valence-corrected chi connectivity index (χ3v) is 4.34. The van der Waals surface area contributed by atoms with Crippen LogP contribution in [0.3, 0.4) is 0 Å². The number of anilines is 1. The van der Waals surface area contributed by atoms with Crippen LogP contribution in [0.2, 0.25) is 0 Å². The highest BCUT2D eigenvalue weighted by Crippen LogP contribution is 2.27. The van der Waals surface area contributed by atoms with E-state index >= 15 is 0 Å². The maximum atomic E-state index is 12.7. The van der Waals surface area contributed by atoms with Crippen molar-refractivity contribution in [3.05, 3.63) is 57.6 Å². The number of carbonyl (C=O) groups is 1. The van der Waals surface area contributed by atoms with E-state index < -0.39 is 0 Å². The molecule has 1 amide bonds. The molecule has 0 radical (unpaired) electrons. The lowest BCUT2D eigenvalue weighted by Gasteiger charge is -2.23. The van der Waals surface area contributed by atoms with Gasteiger partial charge in [0.25, 0.3) is 5.91 Å². The number of phenols is 1. The van der Waals surface area contributed by atoms with Crippen LogP contribution < -0.4 is 4.90 Å². The van der Waals surface area contributed by atoms with Crippen molar-refractivity contribution in [1.82, 2.24) is 0 Å². The Hall–Kier alpha value is -1.81. The van der Waals surface area contributed by atoms with Crippen molar-refractivity contribution in [1.29, 1.82) is 0 Å². The lowest BCUT2D eigenvalue weighted by Crippen LogP contribution is -2.31. The zero-order valence-corrected chi connectivity index (χ0v) is 13.9. The van der Waals surface area contributed by atoms with Gasteiger partial charge in [0.15, 0.2) is 0 Å². The first-order valence-corrected chi connectivity index (χ1v) is 7.61. The molecule has 0 saturated carbocycles. The monoisotopic (exact) mass is 347 g/mol. The van der Waals surface area contributed by atoms with E-state index in [1.54, 1.807) is 23.1 Å². The van der Waals surface area contributed by atoms with E-state index in [1.165, 1.54) is 0 Å². The number of amides is 1. The minimum absolute atomic E-state index is 0.0678. The second-order valence-electron chi connectivity index (χ2n) is 4.98. The largest absolute Gasteiger partial charge is 0.508 e. The molecule has 0 aliphatic rings. The van der Waals surface area contributed by atoms with Crippen LogP contribution in [0.5, 0.6) is 5.75 Å². The number of hydrogen-bond acceptors (Lipinski definition) is 2. The van der Waals surface area contributed by atoms with E-state index in [4.69, 9.17) is 0 Å². The van der Waals surface area contributed by atoms with Crippen molar-refractivity contribution in [3.8, 4) is 5.75 Å². The first-order valence-electron chi connectivity index (χ1n) is 6.81. The molecular weight excluding hydrogens is 330 g/mol. The van der Waals surface area contributed by atoms with E-state index in [2.05, 4.69) is 15.9 Å². The van der Waals surface area contributed by atoms with Crippen LogP contribution in [0.15, 0.2) is 40.9 Å². The predicted molar refractivity (Wildman–Crippen MR) is 89.1 cm³/mol. The Morgan fingerprint density at radius 2 is 1.86 bits per heavy atom. The second-order valence-corrected chi connectivity index (χ2v) is 5.84. The van der Waals surface area contributed by atoms with E-state index in [0.29, 0.717) is 12.1 Å². The fraction of sp³-hybridized carbons (Fsp3) is 0.235. The molecule has 21 heavy (non-hydrogen) atoms. The topological polar surface area (TPSA) is 40.5 Å². The summed E-state index contributed by atoms with van der Waals surface area (Å²) in [5, 5.41) is 9.67. The minimum Gasteiger partial charge on any atom is -0.508 e. The Labute approximate surface area is 133 Å². The number of carbonyl (C=O) groups excluding carboxylic acids is 1. The molecule has 2 rings (SSSR count). The van der Waals surface area contributed by atoms with Crippen molar-refractivity contribution in [3.63, 3.8) is 0 Å². The maximum Gasteiger partial charge on any atom is 0.258 e.